The summed E-state index contributed by atoms with van der Waals surface area (Å²) in [4.78, 5) is 0. The predicted octanol–water partition coefficient (Wildman–Crippen LogP) is 2.58. The van der Waals surface area contributed by atoms with Crippen LogP contribution in [-0.2, 0) is 4.74 Å². The van der Waals surface area contributed by atoms with Crippen molar-refractivity contribution in [3.8, 4) is 0 Å². The molecule has 0 spiro atoms. The minimum absolute atomic E-state index is 0.722. The molecule has 0 bridgehead atoms. The van der Waals surface area contributed by atoms with Crippen LogP contribution in [0.4, 0.5) is 0 Å². The lowest BCUT2D eigenvalue weighted by atomic mass is 9.97. The molecule has 2 rings (SSSR count). The first kappa shape index (κ1) is 11.4. The van der Waals surface area contributed by atoms with Gasteiger partial charge in [0.2, 0.25) is 0 Å². The molecule has 0 radical (unpaired) electrons. The third-order valence-electron chi connectivity index (χ3n) is 4.16. The van der Waals surface area contributed by atoms with E-state index >= 15 is 0 Å². The first-order valence-electron chi connectivity index (χ1n) is 6.67. The second-order valence-corrected chi connectivity index (χ2v) is 5.32. The van der Waals surface area contributed by atoms with Gasteiger partial charge in [-0.2, -0.15) is 0 Å². The number of hydrogen-bond donors (Lipinski definition) is 1. The van der Waals surface area contributed by atoms with Crippen LogP contribution in [0.5, 0.6) is 0 Å². The topological polar surface area (TPSA) is 21.3 Å². The Kier molecular flexibility index (Phi) is 4.45. The van der Waals surface area contributed by atoms with Gasteiger partial charge in [-0.1, -0.05) is 19.8 Å². The molecule has 1 N–H and O–H groups in total. The lowest BCUT2D eigenvalue weighted by molar-refractivity contribution is 0.142. The Bertz CT molecular complexity index is 175. The quantitative estimate of drug-likeness (QED) is 0.774. The average molecular weight is 211 g/mol. The highest BCUT2D eigenvalue weighted by atomic mass is 16.5. The van der Waals surface area contributed by atoms with Gasteiger partial charge in [0.15, 0.2) is 0 Å². The molecule has 88 valence electrons. The van der Waals surface area contributed by atoms with Gasteiger partial charge in [0.1, 0.15) is 0 Å². The molecule has 0 aromatic rings. The summed E-state index contributed by atoms with van der Waals surface area (Å²) in [5.41, 5.74) is 0. The Morgan fingerprint density at radius 2 is 2.00 bits per heavy atom. The lowest BCUT2D eigenvalue weighted by Crippen LogP contribution is -2.34. The van der Waals surface area contributed by atoms with Crippen molar-refractivity contribution >= 4 is 0 Å². The molecule has 3 atom stereocenters. The summed E-state index contributed by atoms with van der Waals surface area (Å²) in [6.45, 7) is 5.58. The van der Waals surface area contributed by atoms with Gasteiger partial charge in [0, 0.05) is 19.3 Å². The van der Waals surface area contributed by atoms with E-state index in [0.29, 0.717) is 0 Å². The fourth-order valence-electron chi connectivity index (χ4n) is 2.95. The standard InChI is InChI=1S/C13H25NO/c1-11-4-2-5-12(11)10-14-13-6-3-8-15-9-7-13/h11-14H,2-10H2,1H3. The minimum atomic E-state index is 0.722. The Morgan fingerprint density at radius 3 is 2.80 bits per heavy atom. The Labute approximate surface area is 93.8 Å². The van der Waals surface area contributed by atoms with Crippen LogP contribution < -0.4 is 5.32 Å². The highest BCUT2D eigenvalue weighted by Gasteiger charge is 2.23. The van der Waals surface area contributed by atoms with Crippen molar-refractivity contribution < 1.29 is 4.74 Å². The fraction of sp³-hybridized carbons (Fsp3) is 1.00. The largest absolute Gasteiger partial charge is 0.381 e. The van der Waals surface area contributed by atoms with E-state index in [1.54, 1.807) is 0 Å². The summed E-state index contributed by atoms with van der Waals surface area (Å²) in [6, 6.07) is 0.722. The normalized spacial score (nSPS) is 37.8. The molecule has 2 heteroatoms. The van der Waals surface area contributed by atoms with Gasteiger partial charge in [0.25, 0.3) is 0 Å². The van der Waals surface area contributed by atoms with E-state index < -0.39 is 0 Å². The van der Waals surface area contributed by atoms with E-state index in [1.807, 2.05) is 0 Å². The molecular formula is C13H25NO. The van der Waals surface area contributed by atoms with Gasteiger partial charge in [0.05, 0.1) is 0 Å². The predicted molar refractivity (Wildman–Crippen MR) is 63.0 cm³/mol. The smallest absolute Gasteiger partial charge is 0.0480 e. The summed E-state index contributed by atoms with van der Waals surface area (Å²) >= 11 is 0. The van der Waals surface area contributed by atoms with Crippen LogP contribution in [-0.4, -0.2) is 25.8 Å². The highest BCUT2D eigenvalue weighted by Crippen LogP contribution is 2.30. The van der Waals surface area contributed by atoms with E-state index in [0.717, 1.165) is 31.1 Å². The first-order chi connectivity index (χ1) is 7.36. The lowest BCUT2D eigenvalue weighted by Gasteiger charge is -2.21. The zero-order valence-corrected chi connectivity index (χ0v) is 10.0. The fourth-order valence-corrected chi connectivity index (χ4v) is 2.95. The molecular weight excluding hydrogens is 186 g/mol. The number of hydrogen-bond acceptors (Lipinski definition) is 2. The molecule has 0 amide bonds. The summed E-state index contributed by atoms with van der Waals surface area (Å²) in [7, 11) is 0. The van der Waals surface area contributed by atoms with Crippen LogP contribution in [0.2, 0.25) is 0 Å². The minimum Gasteiger partial charge on any atom is -0.381 e. The molecule has 1 aliphatic carbocycles. The van der Waals surface area contributed by atoms with E-state index in [2.05, 4.69) is 12.2 Å². The van der Waals surface area contributed by atoms with Crippen molar-refractivity contribution in [2.24, 2.45) is 11.8 Å². The van der Waals surface area contributed by atoms with Gasteiger partial charge in [-0.3, -0.25) is 0 Å². The van der Waals surface area contributed by atoms with Gasteiger partial charge in [-0.25, -0.2) is 0 Å². The van der Waals surface area contributed by atoms with Crippen LogP contribution in [0.1, 0.15) is 45.4 Å². The second-order valence-electron chi connectivity index (χ2n) is 5.32. The first-order valence-corrected chi connectivity index (χ1v) is 6.67. The van der Waals surface area contributed by atoms with Crippen LogP contribution in [0, 0.1) is 11.8 Å². The SMILES string of the molecule is CC1CCCC1CNC1CCCOCC1. The molecule has 0 aromatic carbocycles. The molecule has 15 heavy (non-hydrogen) atoms. The molecule has 1 saturated carbocycles. The van der Waals surface area contributed by atoms with Gasteiger partial charge < -0.3 is 10.1 Å². The summed E-state index contributed by atoms with van der Waals surface area (Å²) in [6.07, 6.45) is 8.08. The zero-order chi connectivity index (χ0) is 10.5. The number of ether oxygens (including phenoxy) is 1. The molecule has 2 nitrogen and oxygen atoms in total. The number of nitrogens with one attached hydrogen (secondary N) is 1. The Balaban J connectivity index is 1.67. The Morgan fingerprint density at radius 1 is 1.07 bits per heavy atom. The van der Waals surface area contributed by atoms with E-state index in [4.69, 9.17) is 4.74 Å². The summed E-state index contributed by atoms with van der Waals surface area (Å²) < 4.78 is 5.48. The van der Waals surface area contributed by atoms with E-state index in [-0.39, 0.29) is 0 Å². The third-order valence-corrected chi connectivity index (χ3v) is 4.16. The van der Waals surface area contributed by atoms with E-state index in [9.17, 15) is 0 Å². The monoisotopic (exact) mass is 211 g/mol. The maximum Gasteiger partial charge on any atom is 0.0480 e. The second kappa shape index (κ2) is 5.86. The molecule has 0 aromatic heterocycles. The van der Waals surface area contributed by atoms with Crippen LogP contribution in [0.3, 0.4) is 0 Å². The maximum absolute atomic E-state index is 5.48. The zero-order valence-electron chi connectivity index (χ0n) is 10.0. The van der Waals surface area contributed by atoms with Crippen molar-refractivity contribution in [1.82, 2.24) is 5.32 Å². The summed E-state index contributed by atoms with van der Waals surface area (Å²) in [5, 5.41) is 3.75. The Hall–Kier alpha value is -0.0800. The molecule has 2 aliphatic rings. The summed E-state index contributed by atoms with van der Waals surface area (Å²) in [5.74, 6) is 1.88. The molecule has 2 fully saturated rings. The highest BCUT2D eigenvalue weighted by molar-refractivity contribution is 4.78. The average Bonchev–Trinajstić information content (AvgIpc) is 2.53. The maximum atomic E-state index is 5.48. The van der Waals surface area contributed by atoms with Crippen molar-refractivity contribution in [2.75, 3.05) is 19.8 Å². The van der Waals surface area contributed by atoms with Crippen molar-refractivity contribution in [2.45, 2.75) is 51.5 Å². The molecule has 1 aliphatic heterocycles. The van der Waals surface area contributed by atoms with Crippen molar-refractivity contribution in [1.29, 1.82) is 0 Å². The van der Waals surface area contributed by atoms with Gasteiger partial charge in [-0.15, -0.1) is 0 Å². The molecule has 1 heterocycles. The van der Waals surface area contributed by atoms with Crippen molar-refractivity contribution in [3.05, 3.63) is 0 Å². The van der Waals surface area contributed by atoms with Crippen LogP contribution in [0.15, 0.2) is 0 Å². The van der Waals surface area contributed by atoms with Crippen LogP contribution >= 0.6 is 0 Å². The molecule has 3 unspecified atom stereocenters. The molecule has 1 saturated heterocycles. The third kappa shape index (κ3) is 3.46. The van der Waals surface area contributed by atoms with Gasteiger partial charge in [-0.05, 0) is 44.1 Å². The number of rotatable bonds is 3. The van der Waals surface area contributed by atoms with Crippen LogP contribution in [0.25, 0.3) is 0 Å². The van der Waals surface area contributed by atoms with Crippen molar-refractivity contribution in [3.63, 3.8) is 0 Å². The van der Waals surface area contributed by atoms with E-state index in [1.165, 1.54) is 45.1 Å². The van der Waals surface area contributed by atoms with Gasteiger partial charge >= 0.3 is 0 Å².